The molecule has 3 N–H and O–H groups in total. The number of nitrogens with one attached hydrogen (secondary N) is 2. The maximum Gasteiger partial charge on any atom is 0.337 e. The van der Waals surface area contributed by atoms with Crippen molar-refractivity contribution in [2.75, 3.05) is 10.0 Å². The van der Waals surface area contributed by atoms with Crippen LogP contribution in [0.1, 0.15) is 20.7 Å². The van der Waals surface area contributed by atoms with Crippen LogP contribution >= 0.6 is 11.6 Å². The van der Waals surface area contributed by atoms with Crippen molar-refractivity contribution in [3.63, 3.8) is 0 Å². The van der Waals surface area contributed by atoms with Crippen LogP contribution in [0.4, 0.5) is 15.8 Å². The molecule has 0 aliphatic carbocycles. The highest BCUT2D eigenvalue weighted by atomic mass is 35.5. The molecular formula is C20H14ClFN2O5S. The first-order valence-corrected chi connectivity index (χ1v) is 10.2. The van der Waals surface area contributed by atoms with E-state index in [1.54, 1.807) is 0 Å². The van der Waals surface area contributed by atoms with E-state index < -0.39 is 27.7 Å². The summed E-state index contributed by atoms with van der Waals surface area (Å²) >= 11 is 5.79. The second kappa shape index (κ2) is 8.52. The zero-order valence-electron chi connectivity index (χ0n) is 15.1. The average molecular weight is 449 g/mol. The summed E-state index contributed by atoms with van der Waals surface area (Å²) in [4.78, 5) is 23.7. The SMILES string of the molecule is O=C(Nc1ccc(Cl)cc1C(=O)O)c1cccc(S(=O)(=O)Nc2ccc(F)cc2)c1. The molecule has 0 saturated heterocycles. The van der Waals surface area contributed by atoms with Gasteiger partial charge in [0.15, 0.2) is 0 Å². The van der Waals surface area contributed by atoms with Gasteiger partial charge in [-0.15, -0.1) is 0 Å². The van der Waals surface area contributed by atoms with Crippen molar-refractivity contribution >= 4 is 44.9 Å². The number of amides is 1. The quantitative estimate of drug-likeness (QED) is 0.522. The van der Waals surface area contributed by atoms with E-state index in [4.69, 9.17) is 11.6 Å². The highest BCUT2D eigenvalue weighted by Gasteiger charge is 2.18. The third-order valence-corrected chi connectivity index (χ3v) is 5.58. The summed E-state index contributed by atoms with van der Waals surface area (Å²) < 4.78 is 40.4. The molecule has 0 spiro atoms. The van der Waals surface area contributed by atoms with Crippen molar-refractivity contribution in [2.45, 2.75) is 4.90 Å². The Hall–Kier alpha value is -3.43. The molecule has 7 nitrogen and oxygen atoms in total. The van der Waals surface area contributed by atoms with Gasteiger partial charge in [-0.3, -0.25) is 9.52 Å². The number of carbonyl (C=O) groups excluding carboxylic acids is 1. The van der Waals surface area contributed by atoms with Crippen LogP contribution in [-0.4, -0.2) is 25.4 Å². The topological polar surface area (TPSA) is 113 Å². The van der Waals surface area contributed by atoms with Crippen LogP contribution in [-0.2, 0) is 10.0 Å². The molecule has 10 heteroatoms. The second-order valence-electron chi connectivity index (χ2n) is 6.09. The summed E-state index contributed by atoms with van der Waals surface area (Å²) in [5.74, 6) is -2.51. The van der Waals surface area contributed by atoms with E-state index >= 15 is 0 Å². The number of aromatic carboxylic acids is 1. The molecule has 0 saturated carbocycles. The Bertz CT molecular complexity index is 1230. The minimum Gasteiger partial charge on any atom is -0.478 e. The van der Waals surface area contributed by atoms with Gasteiger partial charge in [0.25, 0.3) is 15.9 Å². The molecule has 0 bridgehead atoms. The van der Waals surface area contributed by atoms with Crippen molar-refractivity contribution < 1.29 is 27.5 Å². The van der Waals surface area contributed by atoms with Crippen molar-refractivity contribution in [3.8, 4) is 0 Å². The number of halogens is 2. The van der Waals surface area contributed by atoms with E-state index in [1.807, 2.05) is 0 Å². The Morgan fingerprint density at radius 1 is 0.967 bits per heavy atom. The van der Waals surface area contributed by atoms with Gasteiger partial charge >= 0.3 is 5.97 Å². The Kier molecular flexibility index (Phi) is 6.04. The van der Waals surface area contributed by atoms with Gasteiger partial charge in [-0.05, 0) is 60.7 Å². The number of sulfonamides is 1. The number of hydrogen-bond acceptors (Lipinski definition) is 4. The monoisotopic (exact) mass is 448 g/mol. The van der Waals surface area contributed by atoms with Crippen LogP contribution in [0.2, 0.25) is 5.02 Å². The van der Waals surface area contributed by atoms with Gasteiger partial charge in [0.05, 0.1) is 16.1 Å². The summed E-state index contributed by atoms with van der Waals surface area (Å²) in [6.07, 6.45) is 0. The lowest BCUT2D eigenvalue weighted by atomic mass is 10.1. The largest absolute Gasteiger partial charge is 0.478 e. The number of rotatable bonds is 6. The summed E-state index contributed by atoms with van der Waals surface area (Å²) in [6, 6.07) is 13.8. The third kappa shape index (κ3) is 4.94. The van der Waals surface area contributed by atoms with Gasteiger partial charge in [0.2, 0.25) is 0 Å². The van der Waals surface area contributed by atoms with Crippen LogP contribution in [0.25, 0.3) is 0 Å². The van der Waals surface area contributed by atoms with Gasteiger partial charge < -0.3 is 10.4 Å². The summed E-state index contributed by atoms with van der Waals surface area (Å²) in [7, 11) is -4.05. The van der Waals surface area contributed by atoms with E-state index in [9.17, 15) is 27.5 Å². The van der Waals surface area contributed by atoms with Gasteiger partial charge in [-0.1, -0.05) is 17.7 Å². The molecule has 0 atom stereocenters. The van der Waals surface area contributed by atoms with E-state index in [1.165, 1.54) is 48.5 Å². The lowest BCUT2D eigenvalue weighted by Crippen LogP contribution is -2.17. The van der Waals surface area contributed by atoms with Gasteiger partial charge in [-0.25, -0.2) is 17.6 Å². The average Bonchev–Trinajstić information content (AvgIpc) is 2.71. The maximum atomic E-state index is 13.0. The maximum absolute atomic E-state index is 13.0. The highest BCUT2D eigenvalue weighted by Crippen LogP contribution is 2.22. The molecule has 0 aliphatic heterocycles. The number of benzene rings is 3. The smallest absolute Gasteiger partial charge is 0.337 e. The van der Waals surface area contributed by atoms with E-state index in [2.05, 4.69) is 10.0 Å². The van der Waals surface area contributed by atoms with Gasteiger partial charge in [0, 0.05) is 16.3 Å². The molecule has 3 aromatic carbocycles. The number of carbonyl (C=O) groups is 2. The van der Waals surface area contributed by atoms with Gasteiger partial charge in [0.1, 0.15) is 5.82 Å². The summed E-state index contributed by atoms with van der Waals surface area (Å²) in [5, 5.41) is 11.9. The molecule has 0 fully saturated rings. The summed E-state index contributed by atoms with van der Waals surface area (Å²) in [6.45, 7) is 0. The molecule has 3 aromatic rings. The van der Waals surface area contributed by atoms with E-state index in [-0.39, 0.29) is 32.4 Å². The highest BCUT2D eigenvalue weighted by molar-refractivity contribution is 7.92. The Morgan fingerprint density at radius 3 is 2.33 bits per heavy atom. The van der Waals surface area contributed by atoms with Crippen LogP contribution in [0.15, 0.2) is 71.6 Å². The van der Waals surface area contributed by atoms with Crippen LogP contribution < -0.4 is 10.0 Å². The zero-order chi connectivity index (χ0) is 21.9. The molecular weight excluding hydrogens is 435 g/mol. The first kappa shape index (κ1) is 21.3. The van der Waals surface area contributed by atoms with Crippen molar-refractivity contribution in [2.24, 2.45) is 0 Å². The normalized spacial score (nSPS) is 11.0. The first-order valence-electron chi connectivity index (χ1n) is 8.38. The Labute approximate surface area is 176 Å². The van der Waals surface area contributed by atoms with E-state index in [0.29, 0.717) is 0 Å². The lowest BCUT2D eigenvalue weighted by Gasteiger charge is -2.11. The molecule has 0 unspecified atom stereocenters. The predicted molar refractivity (Wildman–Crippen MR) is 110 cm³/mol. The molecule has 154 valence electrons. The van der Waals surface area contributed by atoms with Gasteiger partial charge in [-0.2, -0.15) is 0 Å². The fourth-order valence-corrected chi connectivity index (χ4v) is 3.81. The fraction of sp³-hybridized carbons (Fsp3) is 0. The Balaban J connectivity index is 1.85. The van der Waals surface area contributed by atoms with Crippen LogP contribution in [0.5, 0.6) is 0 Å². The fourth-order valence-electron chi connectivity index (χ4n) is 2.53. The second-order valence-corrected chi connectivity index (χ2v) is 8.21. The molecule has 1 amide bonds. The number of carboxylic acids is 1. The Morgan fingerprint density at radius 2 is 1.67 bits per heavy atom. The van der Waals surface area contributed by atoms with Crippen molar-refractivity contribution in [1.29, 1.82) is 0 Å². The molecule has 30 heavy (non-hydrogen) atoms. The molecule has 0 radical (unpaired) electrons. The standard InChI is InChI=1S/C20H14ClFN2O5S/c21-13-4-9-18(17(11-13)20(26)27)23-19(25)12-2-1-3-16(10-12)30(28,29)24-15-7-5-14(22)6-8-15/h1-11,24H,(H,23,25)(H,26,27). The lowest BCUT2D eigenvalue weighted by molar-refractivity contribution is 0.0698. The molecule has 3 rings (SSSR count). The predicted octanol–water partition coefficient (Wildman–Crippen LogP) is 4.23. The first-order chi connectivity index (χ1) is 14.2. The number of hydrogen-bond donors (Lipinski definition) is 3. The van der Waals surface area contributed by atoms with Crippen molar-refractivity contribution in [1.82, 2.24) is 0 Å². The van der Waals surface area contributed by atoms with Crippen LogP contribution in [0.3, 0.4) is 0 Å². The zero-order valence-corrected chi connectivity index (χ0v) is 16.7. The van der Waals surface area contributed by atoms with E-state index in [0.717, 1.165) is 18.2 Å². The molecule has 0 heterocycles. The minimum atomic E-state index is -4.05. The van der Waals surface area contributed by atoms with Crippen molar-refractivity contribution in [3.05, 3.63) is 88.7 Å². The minimum absolute atomic E-state index is 0.00889. The number of carboxylic acid groups (broad SMARTS) is 1. The number of anilines is 2. The summed E-state index contributed by atoms with van der Waals surface area (Å²) in [5.41, 5.74) is -0.0611. The third-order valence-electron chi connectivity index (χ3n) is 3.96. The van der Waals surface area contributed by atoms with Crippen LogP contribution in [0, 0.1) is 5.82 Å². The molecule has 0 aromatic heterocycles. The molecule has 0 aliphatic rings.